The van der Waals surface area contributed by atoms with Crippen molar-refractivity contribution < 1.29 is 14.6 Å². The van der Waals surface area contributed by atoms with Gasteiger partial charge in [-0.1, -0.05) is 18.2 Å². The lowest BCUT2D eigenvalue weighted by Crippen LogP contribution is -2.29. The summed E-state index contributed by atoms with van der Waals surface area (Å²) in [6, 6.07) is 6.08. The molecule has 0 aliphatic carbocycles. The Hall–Kier alpha value is -1.55. The van der Waals surface area contributed by atoms with Crippen LogP contribution in [-0.2, 0) is 11.2 Å². The van der Waals surface area contributed by atoms with E-state index < -0.39 is 5.97 Å². The van der Waals surface area contributed by atoms with E-state index in [2.05, 4.69) is 24.8 Å². The molecule has 1 aromatic rings. The van der Waals surface area contributed by atoms with Crippen LogP contribution in [0.5, 0.6) is 5.75 Å². The van der Waals surface area contributed by atoms with Crippen molar-refractivity contribution in [3.8, 4) is 5.75 Å². The van der Waals surface area contributed by atoms with Crippen LogP contribution in [0.2, 0.25) is 0 Å². The molecule has 1 saturated heterocycles. The zero-order valence-electron chi connectivity index (χ0n) is 12.8. The highest BCUT2D eigenvalue weighted by atomic mass is 16.5. The Morgan fingerprint density at radius 2 is 2.10 bits per heavy atom. The second-order valence-corrected chi connectivity index (χ2v) is 6.73. The molecule has 0 saturated carbocycles. The summed E-state index contributed by atoms with van der Waals surface area (Å²) in [4.78, 5) is 13.6. The number of carbonyl (C=O) groups is 1. The van der Waals surface area contributed by atoms with Crippen molar-refractivity contribution in [2.75, 3.05) is 13.1 Å². The van der Waals surface area contributed by atoms with E-state index in [1.54, 1.807) is 0 Å². The van der Waals surface area contributed by atoms with E-state index in [0.717, 1.165) is 43.7 Å². The average Bonchev–Trinajstić information content (AvgIpc) is 3.00. The van der Waals surface area contributed by atoms with Crippen LogP contribution in [0.15, 0.2) is 18.2 Å². The predicted octanol–water partition coefficient (Wildman–Crippen LogP) is 3.01. The first-order valence-corrected chi connectivity index (χ1v) is 7.73. The predicted molar refractivity (Wildman–Crippen MR) is 80.7 cm³/mol. The number of fused-ring (bicyclic) bond motifs is 1. The maximum atomic E-state index is 11.3. The zero-order chi connectivity index (χ0) is 15.0. The van der Waals surface area contributed by atoms with Crippen molar-refractivity contribution >= 4 is 5.97 Å². The molecule has 0 amide bonds. The fraction of sp³-hybridized carbons (Fsp3) is 0.588. The van der Waals surface area contributed by atoms with Gasteiger partial charge in [0.05, 0.1) is 6.42 Å². The first kappa shape index (κ1) is 14.4. The summed E-state index contributed by atoms with van der Waals surface area (Å²) >= 11 is 0. The smallest absolute Gasteiger partial charge is 0.305 e. The quantitative estimate of drug-likeness (QED) is 0.925. The van der Waals surface area contributed by atoms with Crippen LogP contribution in [0.4, 0.5) is 0 Å². The minimum Gasteiger partial charge on any atom is -0.487 e. The molecule has 2 aliphatic heterocycles. The molecule has 1 N–H and O–H groups in total. The molecule has 0 spiro atoms. The molecule has 1 aromatic carbocycles. The van der Waals surface area contributed by atoms with Gasteiger partial charge >= 0.3 is 5.97 Å². The van der Waals surface area contributed by atoms with Crippen molar-refractivity contribution in [3.05, 3.63) is 29.3 Å². The lowest BCUT2D eigenvalue weighted by Gasteiger charge is -2.28. The number of nitrogens with zero attached hydrogens (tertiary/aromatic N) is 1. The second kappa shape index (κ2) is 5.34. The summed E-state index contributed by atoms with van der Waals surface area (Å²) < 4.78 is 6.13. The van der Waals surface area contributed by atoms with E-state index in [-0.39, 0.29) is 18.1 Å². The van der Waals surface area contributed by atoms with E-state index in [4.69, 9.17) is 4.74 Å². The molecular weight excluding hydrogens is 266 g/mol. The van der Waals surface area contributed by atoms with Gasteiger partial charge in [0.15, 0.2) is 0 Å². The zero-order valence-corrected chi connectivity index (χ0v) is 12.8. The van der Waals surface area contributed by atoms with Crippen molar-refractivity contribution in [1.29, 1.82) is 0 Å². The van der Waals surface area contributed by atoms with Gasteiger partial charge in [-0.25, -0.2) is 0 Å². The van der Waals surface area contributed by atoms with E-state index >= 15 is 0 Å². The molecule has 1 fully saturated rings. The Labute approximate surface area is 125 Å². The van der Waals surface area contributed by atoms with Gasteiger partial charge in [-0.15, -0.1) is 0 Å². The van der Waals surface area contributed by atoms with E-state index in [1.807, 2.05) is 12.1 Å². The fourth-order valence-corrected chi connectivity index (χ4v) is 3.56. The molecule has 4 heteroatoms. The van der Waals surface area contributed by atoms with E-state index in [1.165, 1.54) is 5.56 Å². The third kappa shape index (κ3) is 2.91. The molecule has 21 heavy (non-hydrogen) atoms. The number of likely N-dealkylation sites (tertiary alicyclic amines) is 1. The van der Waals surface area contributed by atoms with Crippen LogP contribution in [0, 0.1) is 0 Å². The number of rotatable bonds is 4. The Balaban J connectivity index is 1.97. The third-order valence-corrected chi connectivity index (χ3v) is 4.43. The van der Waals surface area contributed by atoms with Crippen LogP contribution in [0.3, 0.4) is 0 Å². The van der Waals surface area contributed by atoms with Gasteiger partial charge < -0.3 is 9.84 Å². The van der Waals surface area contributed by atoms with Crippen molar-refractivity contribution in [2.45, 2.75) is 51.2 Å². The summed E-state index contributed by atoms with van der Waals surface area (Å²) in [5.74, 6) is 0.169. The number of aliphatic carboxylic acids is 1. The first-order chi connectivity index (χ1) is 9.96. The van der Waals surface area contributed by atoms with Crippen molar-refractivity contribution in [1.82, 2.24) is 4.90 Å². The van der Waals surface area contributed by atoms with Gasteiger partial charge in [0, 0.05) is 18.0 Å². The number of ether oxygens (including phenoxy) is 1. The summed E-state index contributed by atoms with van der Waals surface area (Å²) in [5.41, 5.74) is 2.05. The lowest BCUT2D eigenvalue weighted by molar-refractivity contribution is -0.138. The number of hydrogen-bond donors (Lipinski definition) is 1. The minimum absolute atomic E-state index is 0.0751. The molecule has 0 bridgehead atoms. The van der Waals surface area contributed by atoms with Gasteiger partial charge in [-0.2, -0.15) is 0 Å². The molecule has 0 aromatic heterocycles. The molecule has 1 unspecified atom stereocenters. The number of benzene rings is 1. The highest BCUT2D eigenvalue weighted by Crippen LogP contribution is 2.42. The third-order valence-electron chi connectivity index (χ3n) is 4.43. The number of carboxylic acids is 1. The molecule has 114 valence electrons. The highest BCUT2D eigenvalue weighted by molar-refractivity contribution is 5.68. The van der Waals surface area contributed by atoms with Gasteiger partial charge in [0.2, 0.25) is 0 Å². The van der Waals surface area contributed by atoms with Gasteiger partial charge in [-0.3, -0.25) is 9.69 Å². The first-order valence-electron chi connectivity index (χ1n) is 7.73. The van der Waals surface area contributed by atoms with Gasteiger partial charge in [-0.05, 0) is 45.3 Å². The van der Waals surface area contributed by atoms with Crippen molar-refractivity contribution in [3.63, 3.8) is 0 Å². The summed E-state index contributed by atoms with van der Waals surface area (Å²) in [6.45, 7) is 6.12. The topological polar surface area (TPSA) is 49.8 Å². The summed E-state index contributed by atoms with van der Waals surface area (Å²) in [5, 5.41) is 9.29. The molecule has 3 rings (SSSR count). The highest BCUT2D eigenvalue weighted by Gasteiger charge is 2.35. The number of carboxylic acid groups (broad SMARTS) is 1. The Morgan fingerprint density at radius 3 is 2.76 bits per heavy atom. The van der Waals surface area contributed by atoms with E-state index in [0.29, 0.717) is 0 Å². The SMILES string of the molecule is CC1(C)Cc2cccc(C(CC(=O)O)N3CCCC3)c2O1. The molecular formula is C17H23NO3. The molecule has 4 nitrogen and oxygen atoms in total. The van der Waals surface area contributed by atoms with Crippen LogP contribution in [-0.4, -0.2) is 34.7 Å². The summed E-state index contributed by atoms with van der Waals surface area (Å²) in [7, 11) is 0. The number of hydrogen-bond acceptors (Lipinski definition) is 3. The standard InChI is InChI=1S/C17H23NO3/c1-17(2)11-12-6-5-7-13(16(12)21-17)14(10-15(19)20)18-8-3-4-9-18/h5-7,14H,3-4,8-11H2,1-2H3,(H,19,20). The van der Waals surface area contributed by atoms with Gasteiger partial charge in [0.1, 0.15) is 11.4 Å². The molecule has 2 heterocycles. The van der Waals surface area contributed by atoms with Crippen molar-refractivity contribution in [2.24, 2.45) is 0 Å². The van der Waals surface area contributed by atoms with E-state index in [9.17, 15) is 9.90 Å². The second-order valence-electron chi connectivity index (χ2n) is 6.73. The number of para-hydroxylation sites is 1. The van der Waals surface area contributed by atoms with Crippen LogP contribution in [0.25, 0.3) is 0 Å². The molecule has 1 atom stereocenters. The minimum atomic E-state index is -0.748. The van der Waals surface area contributed by atoms with Crippen LogP contribution >= 0.6 is 0 Å². The normalized spacial score (nSPS) is 21.8. The van der Waals surface area contributed by atoms with Crippen LogP contribution in [0.1, 0.15) is 50.3 Å². The van der Waals surface area contributed by atoms with Crippen LogP contribution < -0.4 is 4.74 Å². The maximum Gasteiger partial charge on any atom is 0.305 e. The maximum absolute atomic E-state index is 11.3. The Morgan fingerprint density at radius 1 is 1.38 bits per heavy atom. The lowest BCUT2D eigenvalue weighted by atomic mass is 9.96. The Kier molecular flexibility index (Phi) is 3.66. The summed E-state index contributed by atoms with van der Waals surface area (Å²) in [6.07, 6.45) is 3.32. The fourth-order valence-electron chi connectivity index (χ4n) is 3.56. The molecule has 2 aliphatic rings. The monoisotopic (exact) mass is 289 g/mol. The largest absolute Gasteiger partial charge is 0.487 e. The average molecular weight is 289 g/mol. The molecule has 0 radical (unpaired) electrons. The van der Waals surface area contributed by atoms with Gasteiger partial charge in [0.25, 0.3) is 0 Å². The Bertz CT molecular complexity index is 547.